The van der Waals surface area contributed by atoms with Gasteiger partial charge in [0.1, 0.15) is 6.61 Å². The molecule has 1 heterocycles. The van der Waals surface area contributed by atoms with Crippen LogP contribution in [0.2, 0.25) is 0 Å². The predicted octanol–water partition coefficient (Wildman–Crippen LogP) is 4.05. The number of hydrogen-bond donors (Lipinski definition) is 1. The maximum Gasteiger partial charge on any atom is 0.248 e. The van der Waals surface area contributed by atoms with Gasteiger partial charge in [0.25, 0.3) is 0 Å². The summed E-state index contributed by atoms with van der Waals surface area (Å²) in [5.41, 5.74) is 2.74. The van der Waals surface area contributed by atoms with E-state index in [1.54, 1.807) is 19.3 Å². The quantitative estimate of drug-likeness (QED) is 0.489. The van der Waals surface area contributed by atoms with Gasteiger partial charge in [-0.15, -0.1) is 0 Å². The second-order valence-electron chi connectivity index (χ2n) is 7.27. The van der Waals surface area contributed by atoms with E-state index in [2.05, 4.69) is 34.7 Å². The number of nitrogens with one attached hydrogen (secondary N) is 1. The van der Waals surface area contributed by atoms with Crippen molar-refractivity contribution in [3.63, 3.8) is 0 Å². The van der Waals surface area contributed by atoms with E-state index in [1.165, 1.54) is 6.08 Å². The third kappa shape index (κ3) is 6.12. The first-order valence-corrected chi connectivity index (χ1v) is 10.6. The van der Waals surface area contributed by atoms with Crippen molar-refractivity contribution < 1.29 is 14.3 Å². The summed E-state index contributed by atoms with van der Waals surface area (Å²) in [6.45, 7) is 11.3. The molecular formula is C25H31N3O3. The van der Waals surface area contributed by atoms with Crippen LogP contribution in [0.1, 0.15) is 12.5 Å². The maximum absolute atomic E-state index is 12.6. The molecule has 31 heavy (non-hydrogen) atoms. The van der Waals surface area contributed by atoms with Crippen LogP contribution in [0.25, 0.3) is 6.08 Å². The molecule has 1 N–H and O–H groups in total. The topological polar surface area (TPSA) is 54.0 Å². The fraction of sp³-hybridized carbons (Fsp3) is 0.320. The minimum absolute atomic E-state index is 0.175. The van der Waals surface area contributed by atoms with Gasteiger partial charge in [-0.3, -0.25) is 4.79 Å². The van der Waals surface area contributed by atoms with Gasteiger partial charge in [-0.2, -0.15) is 0 Å². The van der Waals surface area contributed by atoms with E-state index in [1.807, 2.05) is 36.4 Å². The predicted molar refractivity (Wildman–Crippen MR) is 127 cm³/mol. The summed E-state index contributed by atoms with van der Waals surface area (Å²) >= 11 is 0. The molecule has 0 aromatic heterocycles. The second kappa shape index (κ2) is 11.2. The number of nitrogens with zero attached hydrogens (tertiary/aromatic N) is 2. The first-order valence-electron chi connectivity index (χ1n) is 10.6. The third-order valence-corrected chi connectivity index (χ3v) is 5.29. The van der Waals surface area contributed by atoms with Crippen molar-refractivity contribution in [2.45, 2.75) is 6.92 Å². The molecule has 0 atom stereocenters. The fourth-order valence-corrected chi connectivity index (χ4v) is 3.56. The zero-order valence-corrected chi connectivity index (χ0v) is 18.3. The third-order valence-electron chi connectivity index (χ3n) is 5.29. The van der Waals surface area contributed by atoms with E-state index in [0.717, 1.165) is 49.7 Å². The molecule has 0 saturated carbocycles. The van der Waals surface area contributed by atoms with Gasteiger partial charge in [0.2, 0.25) is 5.91 Å². The molecule has 1 fully saturated rings. The van der Waals surface area contributed by atoms with E-state index >= 15 is 0 Å². The first-order chi connectivity index (χ1) is 15.1. The Hall–Kier alpha value is -3.25. The van der Waals surface area contributed by atoms with Crippen LogP contribution in [0.4, 0.5) is 11.4 Å². The van der Waals surface area contributed by atoms with E-state index in [9.17, 15) is 4.79 Å². The minimum Gasteiger partial charge on any atom is -0.493 e. The van der Waals surface area contributed by atoms with Crippen LogP contribution in [0, 0.1) is 0 Å². The lowest BCUT2D eigenvalue weighted by molar-refractivity contribution is -0.111. The minimum atomic E-state index is -0.175. The van der Waals surface area contributed by atoms with Gasteiger partial charge in [-0.05, 0) is 42.4 Å². The Kier molecular flexibility index (Phi) is 8.12. The Bertz CT molecular complexity index is 918. The summed E-state index contributed by atoms with van der Waals surface area (Å²) in [6.07, 6.45) is 4.97. The number of rotatable bonds is 9. The zero-order valence-electron chi connectivity index (χ0n) is 18.3. The normalized spacial score (nSPS) is 14.5. The van der Waals surface area contributed by atoms with E-state index in [0.29, 0.717) is 18.1 Å². The van der Waals surface area contributed by atoms with E-state index < -0.39 is 0 Å². The number of carbonyl (C=O) groups excluding carboxylic acids is 1. The number of likely N-dealkylation sites (N-methyl/N-ethyl adjacent to an activating group) is 1. The highest BCUT2D eigenvalue weighted by molar-refractivity contribution is 6.03. The molecular weight excluding hydrogens is 390 g/mol. The van der Waals surface area contributed by atoms with Gasteiger partial charge in [-0.1, -0.05) is 37.8 Å². The second-order valence-corrected chi connectivity index (χ2v) is 7.27. The van der Waals surface area contributed by atoms with Crippen molar-refractivity contribution >= 4 is 23.4 Å². The highest BCUT2D eigenvalue weighted by Gasteiger charge is 2.18. The Labute approximate surface area is 184 Å². The molecule has 164 valence electrons. The molecule has 0 bridgehead atoms. The van der Waals surface area contributed by atoms with Crippen molar-refractivity contribution in [2.24, 2.45) is 0 Å². The molecule has 3 rings (SSSR count). The van der Waals surface area contributed by atoms with Crippen LogP contribution in [0.5, 0.6) is 11.5 Å². The maximum atomic E-state index is 12.6. The van der Waals surface area contributed by atoms with Crippen LogP contribution in [0.3, 0.4) is 0 Å². The molecule has 1 amide bonds. The van der Waals surface area contributed by atoms with E-state index in [-0.39, 0.29) is 5.91 Å². The van der Waals surface area contributed by atoms with Crippen molar-refractivity contribution in [1.29, 1.82) is 0 Å². The Morgan fingerprint density at radius 1 is 1.13 bits per heavy atom. The standard InChI is InChI=1S/C25H31N3O3/c1-4-18-31-23-12-10-20(19-24(23)30-3)11-13-25(29)26-21-8-6-7-9-22(21)28-16-14-27(5-2)15-17-28/h4,6-13,19H,1,5,14-18H2,2-3H3,(H,26,29)/b13-11+. The number of piperazine rings is 1. The summed E-state index contributed by atoms with van der Waals surface area (Å²) in [7, 11) is 1.59. The number of methoxy groups -OCH3 is 1. The van der Waals surface area contributed by atoms with E-state index in [4.69, 9.17) is 9.47 Å². The fourth-order valence-electron chi connectivity index (χ4n) is 3.56. The summed E-state index contributed by atoms with van der Waals surface area (Å²) < 4.78 is 10.9. The molecule has 1 saturated heterocycles. The van der Waals surface area contributed by atoms with Crippen molar-refractivity contribution in [2.75, 3.05) is 56.7 Å². The van der Waals surface area contributed by atoms with Gasteiger partial charge >= 0.3 is 0 Å². The van der Waals surface area contributed by atoms with Crippen LogP contribution in [0.15, 0.2) is 61.2 Å². The summed E-state index contributed by atoms with van der Waals surface area (Å²) in [4.78, 5) is 17.4. The molecule has 0 spiro atoms. The molecule has 2 aromatic rings. The average Bonchev–Trinajstić information content (AvgIpc) is 2.82. The number of benzene rings is 2. The van der Waals surface area contributed by atoms with Crippen molar-refractivity contribution in [3.8, 4) is 11.5 Å². The number of amides is 1. The molecule has 0 radical (unpaired) electrons. The first kappa shape index (κ1) is 22.4. The van der Waals surface area contributed by atoms with Crippen LogP contribution in [-0.2, 0) is 4.79 Å². The van der Waals surface area contributed by atoms with Gasteiger partial charge in [0.15, 0.2) is 11.5 Å². The van der Waals surface area contributed by atoms with Crippen molar-refractivity contribution in [1.82, 2.24) is 4.90 Å². The Morgan fingerprint density at radius 2 is 1.90 bits per heavy atom. The highest BCUT2D eigenvalue weighted by atomic mass is 16.5. The van der Waals surface area contributed by atoms with Gasteiger partial charge in [0.05, 0.1) is 18.5 Å². The number of hydrogen-bond acceptors (Lipinski definition) is 5. The lowest BCUT2D eigenvalue weighted by Crippen LogP contribution is -2.46. The number of para-hydroxylation sites is 2. The molecule has 0 aliphatic carbocycles. The van der Waals surface area contributed by atoms with Crippen molar-refractivity contribution in [3.05, 3.63) is 66.8 Å². The van der Waals surface area contributed by atoms with Crippen LogP contribution in [-0.4, -0.2) is 57.2 Å². The Morgan fingerprint density at radius 3 is 2.61 bits per heavy atom. The molecule has 0 unspecified atom stereocenters. The van der Waals surface area contributed by atoms with Gasteiger partial charge < -0.3 is 24.6 Å². The zero-order chi connectivity index (χ0) is 22.1. The average molecular weight is 422 g/mol. The Balaban J connectivity index is 1.66. The highest BCUT2D eigenvalue weighted by Crippen LogP contribution is 2.29. The van der Waals surface area contributed by atoms with Gasteiger partial charge in [-0.25, -0.2) is 0 Å². The molecule has 6 nitrogen and oxygen atoms in total. The smallest absolute Gasteiger partial charge is 0.248 e. The number of anilines is 2. The lowest BCUT2D eigenvalue weighted by atomic mass is 10.1. The number of carbonyl (C=O) groups is 1. The molecule has 1 aliphatic rings. The lowest BCUT2D eigenvalue weighted by Gasteiger charge is -2.36. The van der Waals surface area contributed by atoms with Crippen LogP contribution >= 0.6 is 0 Å². The summed E-state index contributed by atoms with van der Waals surface area (Å²) in [6, 6.07) is 13.5. The molecule has 2 aromatic carbocycles. The molecule has 1 aliphatic heterocycles. The summed E-state index contributed by atoms with van der Waals surface area (Å²) in [5, 5.41) is 3.02. The molecule has 6 heteroatoms. The monoisotopic (exact) mass is 421 g/mol. The largest absolute Gasteiger partial charge is 0.493 e. The summed E-state index contributed by atoms with van der Waals surface area (Å²) in [5.74, 6) is 1.08. The SMILES string of the molecule is C=CCOc1ccc(/C=C/C(=O)Nc2ccccc2N2CCN(CC)CC2)cc1OC. The van der Waals surface area contributed by atoms with Crippen LogP contribution < -0.4 is 19.7 Å². The van der Waals surface area contributed by atoms with Gasteiger partial charge in [0, 0.05) is 32.3 Å². The number of ether oxygens (including phenoxy) is 2.